The molecule has 0 saturated carbocycles. The molecule has 0 unspecified atom stereocenters. The molecule has 0 aromatic heterocycles. The molecule has 1 heterocycles. The zero-order valence-corrected chi connectivity index (χ0v) is 18.1. The molecule has 1 aliphatic rings. The van der Waals surface area contributed by atoms with Crippen LogP contribution in [0.1, 0.15) is 32.8 Å². The van der Waals surface area contributed by atoms with E-state index in [0.717, 1.165) is 5.56 Å². The van der Waals surface area contributed by atoms with Crippen LogP contribution in [0.15, 0.2) is 49.6 Å². The van der Waals surface area contributed by atoms with Gasteiger partial charge in [0.25, 0.3) is 0 Å². The molecule has 1 saturated heterocycles. The molecule has 0 bridgehead atoms. The smallest absolute Gasteiger partial charge is 0.338 e. The lowest BCUT2D eigenvalue weighted by Crippen LogP contribution is -2.39. The second-order valence-corrected chi connectivity index (χ2v) is 7.66. The first-order valence-corrected chi connectivity index (χ1v) is 9.93. The fourth-order valence-electron chi connectivity index (χ4n) is 3.22. The Morgan fingerprint density at radius 3 is 2.50 bits per heavy atom. The zero-order valence-electron chi connectivity index (χ0n) is 18.1. The van der Waals surface area contributed by atoms with E-state index in [0.29, 0.717) is 12.2 Å². The molecule has 0 amide bonds. The van der Waals surface area contributed by atoms with Crippen molar-refractivity contribution in [3.63, 3.8) is 0 Å². The molecule has 7 heteroatoms. The van der Waals surface area contributed by atoms with E-state index >= 15 is 0 Å². The van der Waals surface area contributed by atoms with Crippen LogP contribution >= 0.6 is 0 Å². The van der Waals surface area contributed by atoms with E-state index in [-0.39, 0.29) is 18.8 Å². The van der Waals surface area contributed by atoms with Gasteiger partial charge in [-0.2, -0.15) is 0 Å². The molecule has 1 aromatic rings. The predicted octanol–water partition coefficient (Wildman–Crippen LogP) is 3.16. The molecule has 1 aromatic carbocycles. The second-order valence-electron chi connectivity index (χ2n) is 7.66. The fourth-order valence-corrected chi connectivity index (χ4v) is 3.22. The maximum absolute atomic E-state index is 12.7. The van der Waals surface area contributed by atoms with Crippen molar-refractivity contribution in [2.75, 3.05) is 7.11 Å². The summed E-state index contributed by atoms with van der Waals surface area (Å²) in [7, 11) is 1.58. The van der Waals surface area contributed by atoms with Gasteiger partial charge >= 0.3 is 5.97 Å². The Labute approximate surface area is 178 Å². The number of hydrogen-bond acceptors (Lipinski definition) is 7. The van der Waals surface area contributed by atoms with Gasteiger partial charge in [-0.15, -0.1) is 13.2 Å². The maximum atomic E-state index is 12.7. The van der Waals surface area contributed by atoms with Crippen molar-refractivity contribution in [2.24, 2.45) is 0 Å². The Hall–Kier alpha value is -2.19. The van der Waals surface area contributed by atoms with Crippen molar-refractivity contribution in [1.82, 2.24) is 0 Å². The molecule has 0 spiro atoms. The van der Waals surface area contributed by atoms with Crippen molar-refractivity contribution < 1.29 is 33.6 Å². The Kier molecular flexibility index (Phi) is 8.61. The Morgan fingerprint density at radius 1 is 1.27 bits per heavy atom. The zero-order chi connectivity index (χ0) is 22.3. The standard InChI is InChI=1S/C23H32O7/c1-7-18(24)21(27-14-16-9-11-17(26-6)12-10-16)22(25)28-15(3)13-20-19(8-2)29-23(4,5)30-20/h7-12,15,18-21,24H,1-2,13-14H2,3-6H3/t15-,18-,19+,20-,21+/m1/s1. The quantitative estimate of drug-likeness (QED) is 0.435. The first-order valence-electron chi connectivity index (χ1n) is 9.93. The van der Waals surface area contributed by atoms with Crippen LogP contribution in [-0.4, -0.2) is 54.5 Å². The van der Waals surface area contributed by atoms with Gasteiger partial charge < -0.3 is 28.8 Å². The lowest BCUT2D eigenvalue weighted by Gasteiger charge is -2.24. The molecule has 1 N–H and O–H groups in total. The van der Waals surface area contributed by atoms with Crippen LogP contribution < -0.4 is 4.74 Å². The predicted molar refractivity (Wildman–Crippen MR) is 112 cm³/mol. The van der Waals surface area contributed by atoms with E-state index in [4.69, 9.17) is 23.7 Å². The number of aliphatic hydroxyl groups excluding tert-OH is 1. The number of rotatable bonds is 11. The number of ether oxygens (including phenoxy) is 5. The normalized spacial score (nSPS) is 23.2. The largest absolute Gasteiger partial charge is 0.497 e. The van der Waals surface area contributed by atoms with Crippen LogP contribution in [0.4, 0.5) is 0 Å². The van der Waals surface area contributed by atoms with Crippen LogP contribution in [0.25, 0.3) is 0 Å². The van der Waals surface area contributed by atoms with Crippen LogP contribution in [0.3, 0.4) is 0 Å². The van der Waals surface area contributed by atoms with Crippen LogP contribution in [-0.2, 0) is 30.3 Å². The maximum Gasteiger partial charge on any atom is 0.338 e. The number of carbonyl (C=O) groups excluding carboxylic acids is 1. The third-order valence-electron chi connectivity index (χ3n) is 4.71. The average Bonchev–Trinajstić information content (AvgIpc) is 3.01. The minimum atomic E-state index is -1.20. The van der Waals surface area contributed by atoms with E-state index in [1.165, 1.54) is 6.08 Å². The van der Waals surface area contributed by atoms with Crippen LogP contribution in [0.5, 0.6) is 5.75 Å². The Balaban J connectivity index is 1.95. The molecule has 2 rings (SSSR count). The van der Waals surface area contributed by atoms with Gasteiger partial charge in [-0.1, -0.05) is 24.3 Å². The van der Waals surface area contributed by atoms with Gasteiger partial charge in [0.15, 0.2) is 11.9 Å². The van der Waals surface area contributed by atoms with Gasteiger partial charge in [0, 0.05) is 6.42 Å². The summed E-state index contributed by atoms with van der Waals surface area (Å²) in [5, 5.41) is 10.2. The van der Waals surface area contributed by atoms with Crippen LogP contribution in [0, 0.1) is 0 Å². The van der Waals surface area contributed by atoms with Crippen molar-refractivity contribution in [3.8, 4) is 5.75 Å². The topological polar surface area (TPSA) is 83.5 Å². The summed E-state index contributed by atoms with van der Waals surface area (Å²) < 4.78 is 27.9. The van der Waals surface area contributed by atoms with E-state index in [2.05, 4.69) is 13.2 Å². The highest BCUT2D eigenvalue weighted by Crippen LogP contribution is 2.31. The number of benzene rings is 1. The molecule has 166 valence electrons. The van der Waals surface area contributed by atoms with E-state index in [9.17, 15) is 9.90 Å². The summed E-state index contributed by atoms with van der Waals surface area (Å²) in [5.74, 6) is -0.679. The van der Waals surface area contributed by atoms with Crippen LogP contribution in [0.2, 0.25) is 0 Å². The molecule has 30 heavy (non-hydrogen) atoms. The molecule has 7 nitrogen and oxygen atoms in total. The summed E-state index contributed by atoms with van der Waals surface area (Å²) >= 11 is 0. The minimum absolute atomic E-state index is 0.120. The highest BCUT2D eigenvalue weighted by atomic mass is 16.8. The molecular weight excluding hydrogens is 388 g/mol. The highest BCUT2D eigenvalue weighted by Gasteiger charge is 2.41. The van der Waals surface area contributed by atoms with E-state index in [1.807, 2.05) is 26.0 Å². The van der Waals surface area contributed by atoms with Crippen molar-refractivity contribution in [2.45, 2.75) is 70.1 Å². The summed E-state index contributed by atoms with van der Waals surface area (Å²) in [6.45, 7) is 12.8. The van der Waals surface area contributed by atoms with Gasteiger partial charge in [0.2, 0.25) is 0 Å². The van der Waals surface area contributed by atoms with Crippen molar-refractivity contribution in [1.29, 1.82) is 0 Å². The highest BCUT2D eigenvalue weighted by molar-refractivity contribution is 5.76. The SMILES string of the molecule is C=C[C@@H](O)[C@H](OCc1ccc(OC)cc1)C(=O)O[C@H](C)C[C@H]1OC(C)(C)O[C@H]1C=C. The van der Waals surface area contributed by atoms with Gasteiger partial charge in [0.05, 0.1) is 19.8 Å². The van der Waals surface area contributed by atoms with Gasteiger partial charge in [-0.3, -0.25) is 0 Å². The minimum Gasteiger partial charge on any atom is -0.497 e. The Morgan fingerprint density at radius 2 is 1.93 bits per heavy atom. The number of hydrogen-bond donors (Lipinski definition) is 1. The summed E-state index contributed by atoms with van der Waals surface area (Å²) in [5.41, 5.74) is 0.825. The number of methoxy groups -OCH3 is 1. The number of carbonyl (C=O) groups is 1. The summed E-state index contributed by atoms with van der Waals surface area (Å²) in [4.78, 5) is 12.7. The Bertz CT molecular complexity index is 713. The fraction of sp³-hybridized carbons (Fsp3) is 0.522. The monoisotopic (exact) mass is 420 g/mol. The lowest BCUT2D eigenvalue weighted by atomic mass is 10.1. The molecule has 1 aliphatic heterocycles. The van der Waals surface area contributed by atoms with Gasteiger partial charge in [0.1, 0.15) is 24.1 Å². The number of aliphatic hydroxyl groups is 1. The lowest BCUT2D eigenvalue weighted by molar-refractivity contribution is -0.171. The van der Waals surface area contributed by atoms with Gasteiger partial charge in [-0.25, -0.2) is 4.79 Å². The van der Waals surface area contributed by atoms with Crippen molar-refractivity contribution >= 4 is 5.97 Å². The first-order chi connectivity index (χ1) is 14.2. The molecule has 1 fully saturated rings. The summed E-state index contributed by atoms with van der Waals surface area (Å²) in [6.07, 6.45) is -0.114. The molecule has 0 aliphatic carbocycles. The molecular formula is C23H32O7. The second kappa shape index (κ2) is 10.7. The summed E-state index contributed by atoms with van der Waals surface area (Å²) in [6, 6.07) is 7.22. The van der Waals surface area contributed by atoms with Crippen molar-refractivity contribution in [3.05, 3.63) is 55.1 Å². The van der Waals surface area contributed by atoms with E-state index in [1.54, 1.807) is 32.2 Å². The van der Waals surface area contributed by atoms with Gasteiger partial charge in [-0.05, 0) is 38.5 Å². The first kappa shape index (κ1) is 24.1. The molecule has 5 atom stereocenters. The average molecular weight is 421 g/mol. The number of esters is 1. The molecule has 0 radical (unpaired) electrons. The third kappa shape index (κ3) is 6.67. The third-order valence-corrected chi connectivity index (χ3v) is 4.71. The van der Waals surface area contributed by atoms with E-state index < -0.39 is 30.1 Å².